The summed E-state index contributed by atoms with van der Waals surface area (Å²) in [6, 6.07) is 2.01. The second-order valence-electron chi connectivity index (χ2n) is 4.09. The highest BCUT2D eigenvalue weighted by Gasteiger charge is 2.22. The maximum Gasteiger partial charge on any atom is 0.353 e. The van der Waals surface area contributed by atoms with Gasteiger partial charge < -0.3 is 10.6 Å². The molecule has 2 N–H and O–H groups in total. The van der Waals surface area contributed by atoms with E-state index in [0.717, 1.165) is 10.4 Å². The van der Waals surface area contributed by atoms with Crippen LogP contribution >= 0.6 is 11.3 Å². The maximum atomic E-state index is 11.2. The number of rotatable bonds is 6. The lowest BCUT2D eigenvalue weighted by Crippen LogP contribution is -2.09. The van der Waals surface area contributed by atoms with E-state index in [1.54, 1.807) is 11.3 Å². The molecular weight excluding hydrogens is 278 g/mol. The molecule has 106 valence electrons. The lowest BCUT2D eigenvalue weighted by molar-refractivity contribution is -0.383. The number of aromatic nitrogens is 2. The van der Waals surface area contributed by atoms with Crippen molar-refractivity contribution in [2.24, 2.45) is 0 Å². The Morgan fingerprint density at radius 2 is 2.05 bits per heavy atom. The normalized spacial score (nSPS) is 10.3. The minimum atomic E-state index is -0.471. The molecule has 0 atom stereocenters. The van der Waals surface area contributed by atoms with E-state index >= 15 is 0 Å². The topological polar surface area (TPSA) is 93.0 Å². The van der Waals surface area contributed by atoms with Gasteiger partial charge in [-0.2, -0.15) is 0 Å². The van der Waals surface area contributed by atoms with E-state index in [1.165, 1.54) is 6.33 Å². The third kappa shape index (κ3) is 3.02. The van der Waals surface area contributed by atoms with Crippen molar-refractivity contribution in [3.8, 4) is 0 Å². The molecule has 2 aromatic rings. The Labute approximate surface area is 120 Å². The van der Waals surface area contributed by atoms with Gasteiger partial charge in [-0.1, -0.05) is 0 Å². The van der Waals surface area contributed by atoms with Crippen molar-refractivity contribution in [1.29, 1.82) is 0 Å². The average Bonchev–Trinajstić information content (AvgIpc) is 2.82. The van der Waals surface area contributed by atoms with Crippen molar-refractivity contribution in [3.63, 3.8) is 0 Å². The monoisotopic (exact) mass is 293 g/mol. The standard InChI is InChI=1S/C12H15N5O2S/c1-3-13-11-10(17(18)19)12(16-7-15-11)14-6-9-8(2)4-5-20-9/h4-5,7H,3,6H2,1-2H3,(H2,13,14,15,16). The molecule has 8 heteroatoms. The van der Waals surface area contributed by atoms with E-state index in [-0.39, 0.29) is 17.3 Å². The summed E-state index contributed by atoms with van der Waals surface area (Å²) in [5, 5.41) is 19.1. The predicted molar refractivity (Wildman–Crippen MR) is 79.2 cm³/mol. The molecule has 0 aliphatic heterocycles. The number of anilines is 2. The Morgan fingerprint density at radius 1 is 1.35 bits per heavy atom. The number of aryl methyl sites for hydroxylation is 1. The van der Waals surface area contributed by atoms with Gasteiger partial charge >= 0.3 is 5.69 Å². The van der Waals surface area contributed by atoms with Gasteiger partial charge in [-0.15, -0.1) is 11.3 Å². The zero-order valence-corrected chi connectivity index (χ0v) is 12.0. The summed E-state index contributed by atoms with van der Waals surface area (Å²) >= 11 is 1.61. The molecule has 0 saturated heterocycles. The summed E-state index contributed by atoms with van der Waals surface area (Å²) in [4.78, 5) is 19.7. The second-order valence-corrected chi connectivity index (χ2v) is 5.09. The van der Waals surface area contributed by atoms with Crippen LogP contribution in [0.25, 0.3) is 0 Å². The van der Waals surface area contributed by atoms with Gasteiger partial charge in [0.05, 0.1) is 11.5 Å². The fourth-order valence-electron chi connectivity index (χ4n) is 1.73. The van der Waals surface area contributed by atoms with Gasteiger partial charge in [0, 0.05) is 11.4 Å². The van der Waals surface area contributed by atoms with Crippen molar-refractivity contribution in [2.45, 2.75) is 20.4 Å². The first-order chi connectivity index (χ1) is 9.63. The fourth-order valence-corrected chi connectivity index (χ4v) is 2.57. The van der Waals surface area contributed by atoms with E-state index in [0.29, 0.717) is 13.1 Å². The Morgan fingerprint density at radius 3 is 2.60 bits per heavy atom. The quantitative estimate of drug-likeness (QED) is 0.628. The van der Waals surface area contributed by atoms with Gasteiger partial charge in [0.25, 0.3) is 0 Å². The molecule has 0 unspecified atom stereocenters. The van der Waals surface area contributed by atoms with Gasteiger partial charge in [0.15, 0.2) is 0 Å². The molecule has 2 aromatic heterocycles. The van der Waals surface area contributed by atoms with E-state index < -0.39 is 4.92 Å². The van der Waals surface area contributed by atoms with Crippen LogP contribution in [-0.4, -0.2) is 21.4 Å². The molecule has 7 nitrogen and oxygen atoms in total. The van der Waals surface area contributed by atoms with Crippen molar-refractivity contribution < 1.29 is 4.92 Å². The molecule has 0 spiro atoms. The molecule has 2 heterocycles. The van der Waals surface area contributed by atoms with Crippen LogP contribution in [0.5, 0.6) is 0 Å². The summed E-state index contributed by atoms with van der Waals surface area (Å²) in [5.74, 6) is 0.464. The summed E-state index contributed by atoms with van der Waals surface area (Å²) < 4.78 is 0. The van der Waals surface area contributed by atoms with Gasteiger partial charge in [0.1, 0.15) is 6.33 Å². The molecule has 0 fully saturated rings. The van der Waals surface area contributed by atoms with Crippen molar-refractivity contribution in [1.82, 2.24) is 9.97 Å². The van der Waals surface area contributed by atoms with E-state index in [9.17, 15) is 10.1 Å². The third-order valence-corrected chi connectivity index (χ3v) is 3.76. The molecule has 0 aliphatic carbocycles. The first-order valence-electron chi connectivity index (χ1n) is 6.13. The zero-order chi connectivity index (χ0) is 14.5. The smallest absolute Gasteiger partial charge is 0.353 e. The average molecular weight is 293 g/mol. The minimum Gasteiger partial charge on any atom is -0.364 e. The van der Waals surface area contributed by atoms with Crippen LogP contribution in [0.15, 0.2) is 17.8 Å². The molecule has 0 amide bonds. The number of hydrogen-bond donors (Lipinski definition) is 2. The number of nitro groups is 1. The number of nitrogens with one attached hydrogen (secondary N) is 2. The van der Waals surface area contributed by atoms with Crippen molar-refractivity contribution >= 4 is 28.7 Å². The highest BCUT2D eigenvalue weighted by atomic mass is 32.1. The molecule has 0 bridgehead atoms. The van der Waals surface area contributed by atoms with E-state index in [4.69, 9.17) is 0 Å². The molecule has 0 aliphatic rings. The first kappa shape index (κ1) is 14.2. The molecular formula is C12H15N5O2S. The van der Waals surface area contributed by atoms with Crippen LogP contribution in [-0.2, 0) is 6.54 Å². The molecule has 2 rings (SSSR count). The lowest BCUT2D eigenvalue weighted by atomic mass is 10.3. The molecule has 20 heavy (non-hydrogen) atoms. The maximum absolute atomic E-state index is 11.2. The Kier molecular flexibility index (Phi) is 4.46. The van der Waals surface area contributed by atoms with Crippen LogP contribution in [0.4, 0.5) is 17.3 Å². The number of thiophene rings is 1. The minimum absolute atomic E-state index is 0.122. The highest BCUT2D eigenvalue weighted by molar-refractivity contribution is 7.10. The van der Waals surface area contributed by atoms with Gasteiger partial charge in [0.2, 0.25) is 11.6 Å². The Bertz CT molecular complexity index is 614. The fraction of sp³-hybridized carbons (Fsp3) is 0.333. The van der Waals surface area contributed by atoms with Gasteiger partial charge in [-0.05, 0) is 30.9 Å². The Balaban J connectivity index is 2.24. The summed E-state index contributed by atoms with van der Waals surface area (Å²) in [7, 11) is 0. The second kappa shape index (κ2) is 6.29. The number of nitrogens with zero attached hydrogens (tertiary/aromatic N) is 3. The Hall–Kier alpha value is -2.22. The molecule has 0 aromatic carbocycles. The van der Waals surface area contributed by atoms with Crippen LogP contribution < -0.4 is 10.6 Å². The first-order valence-corrected chi connectivity index (χ1v) is 7.01. The molecule has 0 radical (unpaired) electrons. The lowest BCUT2D eigenvalue weighted by Gasteiger charge is -2.08. The van der Waals surface area contributed by atoms with Gasteiger partial charge in [-0.3, -0.25) is 10.1 Å². The van der Waals surface area contributed by atoms with Crippen LogP contribution in [0.3, 0.4) is 0 Å². The van der Waals surface area contributed by atoms with E-state index in [1.807, 2.05) is 25.3 Å². The number of hydrogen-bond acceptors (Lipinski definition) is 7. The van der Waals surface area contributed by atoms with Crippen LogP contribution in [0.2, 0.25) is 0 Å². The SMILES string of the molecule is CCNc1ncnc(NCc2sccc2C)c1[N+](=O)[O-]. The van der Waals surface area contributed by atoms with Gasteiger partial charge in [-0.25, -0.2) is 9.97 Å². The van der Waals surface area contributed by atoms with E-state index in [2.05, 4.69) is 20.6 Å². The largest absolute Gasteiger partial charge is 0.364 e. The molecule has 0 saturated carbocycles. The summed E-state index contributed by atoms with van der Waals surface area (Å²) in [6.07, 6.45) is 1.31. The zero-order valence-electron chi connectivity index (χ0n) is 11.2. The van der Waals surface area contributed by atoms with Crippen molar-refractivity contribution in [2.75, 3.05) is 17.2 Å². The highest BCUT2D eigenvalue weighted by Crippen LogP contribution is 2.29. The third-order valence-electron chi connectivity index (χ3n) is 2.73. The predicted octanol–water partition coefficient (Wildman–Crippen LogP) is 2.80. The summed E-state index contributed by atoms with van der Waals surface area (Å²) in [5.41, 5.74) is 1.04. The van der Waals surface area contributed by atoms with Crippen LogP contribution in [0.1, 0.15) is 17.4 Å². The summed E-state index contributed by atoms with van der Waals surface area (Å²) in [6.45, 7) is 4.92. The van der Waals surface area contributed by atoms with Crippen molar-refractivity contribution in [3.05, 3.63) is 38.3 Å². The van der Waals surface area contributed by atoms with Crippen LogP contribution in [0, 0.1) is 17.0 Å².